The number of hydrogen-bond donors (Lipinski definition) is 1. The highest BCUT2D eigenvalue weighted by atomic mass is 19.1. The van der Waals surface area contributed by atoms with Crippen LogP contribution >= 0.6 is 0 Å². The van der Waals surface area contributed by atoms with Crippen molar-refractivity contribution >= 4 is 34.4 Å². The minimum Gasteiger partial charge on any atom is -0.494 e. The van der Waals surface area contributed by atoms with Crippen molar-refractivity contribution in [3.63, 3.8) is 0 Å². The Morgan fingerprint density at radius 1 is 0.923 bits per heavy atom. The van der Waals surface area contributed by atoms with Crippen molar-refractivity contribution < 1.29 is 18.7 Å². The molecule has 3 aromatic carbocycles. The molecule has 0 bridgehead atoms. The Morgan fingerprint density at radius 2 is 1.77 bits per heavy atom. The number of ether oxygens (including phenoxy) is 1. The first-order chi connectivity index (χ1) is 12.6. The summed E-state index contributed by atoms with van der Waals surface area (Å²) in [5, 5.41) is 1.73. The summed E-state index contributed by atoms with van der Waals surface area (Å²) in [5.74, 6) is -0.300. The van der Waals surface area contributed by atoms with Crippen LogP contribution in [0.5, 0.6) is 5.75 Å². The molecule has 0 saturated carbocycles. The van der Waals surface area contributed by atoms with Gasteiger partial charge < -0.3 is 9.72 Å². The van der Waals surface area contributed by atoms with Gasteiger partial charge in [0.2, 0.25) is 0 Å². The normalized spacial score (nSPS) is 11.0. The fourth-order valence-corrected chi connectivity index (χ4v) is 3.23. The maximum absolute atomic E-state index is 14.1. The number of rotatable bonds is 4. The average Bonchev–Trinajstić information content (AvgIpc) is 3.04. The molecule has 4 nitrogen and oxygen atoms in total. The standard InChI is InChI=1S/C21H14FNO3/c1-26-20-5-3-13(9-18(20)22)14-7-15(11-25)21-17(8-14)16-4-2-12(10-24)6-19(16)23-21/h2-11,23H,1H3. The second kappa shape index (κ2) is 6.11. The number of H-pyrrole nitrogens is 1. The minimum absolute atomic E-state index is 0.166. The first-order valence-electron chi connectivity index (χ1n) is 7.98. The lowest BCUT2D eigenvalue weighted by molar-refractivity contribution is 0.111. The summed E-state index contributed by atoms with van der Waals surface area (Å²) in [4.78, 5) is 25.8. The third-order valence-electron chi connectivity index (χ3n) is 4.51. The number of fused-ring (bicyclic) bond motifs is 3. The summed E-state index contributed by atoms with van der Waals surface area (Å²) >= 11 is 0. The summed E-state index contributed by atoms with van der Waals surface area (Å²) in [6, 6.07) is 13.6. The summed E-state index contributed by atoms with van der Waals surface area (Å²) in [6.45, 7) is 0. The molecule has 0 aliphatic carbocycles. The van der Waals surface area contributed by atoms with E-state index in [0.29, 0.717) is 22.2 Å². The van der Waals surface area contributed by atoms with E-state index in [1.54, 1.807) is 30.3 Å². The van der Waals surface area contributed by atoms with Crippen molar-refractivity contribution in [3.05, 3.63) is 65.5 Å². The smallest absolute Gasteiger partial charge is 0.165 e. The van der Waals surface area contributed by atoms with Gasteiger partial charge in [0.1, 0.15) is 6.29 Å². The lowest BCUT2D eigenvalue weighted by Gasteiger charge is -2.07. The molecule has 0 aliphatic heterocycles. The Balaban J connectivity index is 1.99. The molecule has 0 fully saturated rings. The van der Waals surface area contributed by atoms with E-state index in [1.807, 2.05) is 12.1 Å². The van der Waals surface area contributed by atoms with Gasteiger partial charge >= 0.3 is 0 Å². The van der Waals surface area contributed by atoms with Crippen LogP contribution in [-0.2, 0) is 0 Å². The zero-order valence-electron chi connectivity index (χ0n) is 13.9. The van der Waals surface area contributed by atoms with Crippen molar-refractivity contribution in [2.45, 2.75) is 0 Å². The number of carbonyl (C=O) groups excluding carboxylic acids is 2. The molecule has 1 N–H and O–H groups in total. The molecule has 5 heteroatoms. The van der Waals surface area contributed by atoms with Gasteiger partial charge in [-0.15, -0.1) is 0 Å². The number of aromatic amines is 1. The maximum Gasteiger partial charge on any atom is 0.165 e. The summed E-state index contributed by atoms with van der Waals surface area (Å²) in [6.07, 6.45) is 1.54. The van der Waals surface area contributed by atoms with Crippen molar-refractivity contribution in [3.8, 4) is 16.9 Å². The lowest BCUT2D eigenvalue weighted by Crippen LogP contribution is -1.90. The van der Waals surface area contributed by atoms with Crippen LogP contribution in [0.3, 0.4) is 0 Å². The number of hydrogen-bond acceptors (Lipinski definition) is 3. The molecule has 1 aromatic heterocycles. The van der Waals surface area contributed by atoms with E-state index >= 15 is 0 Å². The molecule has 4 aromatic rings. The van der Waals surface area contributed by atoms with Gasteiger partial charge in [-0.2, -0.15) is 0 Å². The van der Waals surface area contributed by atoms with Crippen molar-refractivity contribution in [2.75, 3.05) is 7.11 Å². The number of methoxy groups -OCH3 is 1. The zero-order valence-corrected chi connectivity index (χ0v) is 13.9. The fraction of sp³-hybridized carbons (Fsp3) is 0.0476. The third kappa shape index (κ3) is 2.45. The number of nitrogens with one attached hydrogen (secondary N) is 1. The van der Waals surface area contributed by atoms with Gasteiger partial charge in [0.15, 0.2) is 17.9 Å². The molecular formula is C21H14FNO3. The first-order valence-corrected chi connectivity index (χ1v) is 7.98. The van der Waals surface area contributed by atoms with Crippen LogP contribution in [0.4, 0.5) is 4.39 Å². The molecular weight excluding hydrogens is 333 g/mol. The van der Waals surface area contributed by atoms with Crippen molar-refractivity contribution in [1.29, 1.82) is 0 Å². The molecule has 4 rings (SSSR count). The minimum atomic E-state index is -0.465. The van der Waals surface area contributed by atoms with E-state index in [2.05, 4.69) is 4.98 Å². The Bertz CT molecular complexity index is 1180. The topological polar surface area (TPSA) is 59.2 Å². The molecule has 26 heavy (non-hydrogen) atoms. The number of benzene rings is 3. The molecule has 0 atom stereocenters. The molecule has 0 radical (unpaired) electrons. The van der Waals surface area contributed by atoms with E-state index in [0.717, 1.165) is 34.4 Å². The highest BCUT2D eigenvalue weighted by Crippen LogP contribution is 2.33. The molecule has 0 spiro atoms. The van der Waals surface area contributed by atoms with Gasteiger partial charge in [0.25, 0.3) is 0 Å². The van der Waals surface area contributed by atoms with Crippen LogP contribution in [0, 0.1) is 5.82 Å². The average molecular weight is 347 g/mol. The second-order valence-electron chi connectivity index (χ2n) is 6.00. The Hall–Kier alpha value is -3.47. The van der Waals surface area contributed by atoms with Crippen LogP contribution < -0.4 is 4.74 Å². The van der Waals surface area contributed by atoms with Gasteiger partial charge in [0, 0.05) is 27.4 Å². The quantitative estimate of drug-likeness (QED) is 0.542. The molecule has 0 amide bonds. The predicted octanol–water partition coefficient (Wildman–Crippen LogP) is 4.76. The predicted molar refractivity (Wildman–Crippen MR) is 98.5 cm³/mol. The summed E-state index contributed by atoms with van der Waals surface area (Å²) in [7, 11) is 1.41. The van der Waals surface area contributed by atoms with Gasteiger partial charge in [-0.1, -0.05) is 18.2 Å². The molecule has 0 aliphatic rings. The molecule has 128 valence electrons. The second-order valence-corrected chi connectivity index (χ2v) is 6.00. The molecule has 1 heterocycles. The number of aromatic nitrogens is 1. The van der Waals surface area contributed by atoms with E-state index in [9.17, 15) is 14.0 Å². The van der Waals surface area contributed by atoms with E-state index in [4.69, 9.17) is 4.74 Å². The van der Waals surface area contributed by atoms with Crippen molar-refractivity contribution in [2.24, 2.45) is 0 Å². The van der Waals surface area contributed by atoms with Gasteiger partial charge in [-0.3, -0.25) is 9.59 Å². The van der Waals surface area contributed by atoms with Crippen LogP contribution in [0.25, 0.3) is 32.9 Å². The Morgan fingerprint density at radius 3 is 2.46 bits per heavy atom. The van der Waals surface area contributed by atoms with E-state index < -0.39 is 5.82 Å². The van der Waals surface area contributed by atoms with Gasteiger partial charge in [-0.05, 0) is 41.5 Å². The number of carbonyl (C=O) groups is 2. The SMILES string of the molecule is COc1ccc(-c2cc(C=O)c3[nH]c4cc(C=O)ccc4c3c2)cc1F. The van der Waals surface area contributed by atoms with Crippen LogP contribution in [0.2, 0.25) is 0 Å². The maximum atomic E-state index is 14.1. The third-order valence-corrected chi connectivity index (χ3v) is 4.51. The highest BCUT2D eigenvalue weighted by molar-refractivity contribution is 6.13. The monoisotopic (exact) mass is 347 g/mol. The summed E-state index contributed by atoms with van der Waals surface area (Å²) < 4.78 is 19.0. The van der Waals surface area contributed by atoms with Crippen LogP contribution in [-0.4, -0.2) is 24.7 Å². The lowest BCUT2D eigenvalue weighted by atomic mass is 9.99. The first kappa shape index (κ1) is 16.0. The summed E-state index contributed by atoms with van der Waals surface area (Å²) in [5.41, 5.74) is 3.85. The van der Waals surface area contributed by atoms with Crippen LogP contribution in [0.15, 0.2) is 48.5 Å². The Kier molecular flexibility index (Phi) is 3.77. The highest BCUT2D eigenvalue weighted by Gasteiger charge is 2.13. The van der Waals surface area contributed by atoms with Gasteiger partial charge in [-0.25, -0.2) is 4.39 Å². The van der Waals surface area contributed by atoms with E-state index in [-0.39, 0.29) is 5.75 Å². The fourth-order valence-electron chi connectivity index (χ4n) is 3.23. The van der Waals surface area contributed by atoms with Crippen LogP contribution in [0.1, 0.15) is 20.7 Å². The molecule has 0 saturated heterocycles. The zero-order chi connectivity index (χ0) is 18.3. The number of aldehydes is 2. The Labute approximate surface area is 148 Å². The number of halogens is 1. The van der Waals surface area contributed by atoms with Gasteiger partial charge in [0.05, 0.1) is 12.6 Å². The van der Waals surface area contributed by atoms with Crippen molar-refractivity contribution in [1.82, 2.24) is 4.98 Å². The largest absolute Gasteiger partial charge is 0.494 e. The molecule has 0 unspecified atom stereocenters. The van der Waals surface area contributed by atoms with E-state index in [1.165, 1.54) is 13.2 Å².